The maximum atomic E-state index is 12.6. The van der Waals surface area contributed by atoms with Crippen LogP contribution in [0, 0.1) is 19.3 Å². The van der Waals surface area contributed by atoms with Crippen molar-refractivity contribution < 1.29 is 19.8 Å². The fourth-order valence-corrected chi connectivity index (χ4v) is 3.51. The van der Waals surface area contributed by atoms with Gasteiger partial charge in [-0.15, -0.1) is 0 Å². The summed E-state index contributed by atoms with van der Waals surface area (Å²) in [5, 5.41) is 22.7. The van der Waals surface area contributed by atoms with E-state index in [0.29, 0.717) is 25.1 Å². The van der Waals surface area contributed by atoms with Crippen LogP contribution in [0.15, 0.2) is 18.2 Å². The van der Waals surface area contributed by atoms with Gasteiger partial charge in [-0.1, -0.05) is 19.4 Å². The Balaban J connectivity index is 2.16. The number of urea groups is 1. The average molecular weight is 334 g/mol. The molecule has 0 unspecified atom stereocenters. The van der Waals surface area contributed by atoms with Crippen molar-refractivity contribution in [1.82, 2.24) is 4.90 Å². The molecule has 1 saturated heterocycles. The minimum Gasteiger partial charge on any atom is -0.481 e. The highest BCUT2D eigenvalue weighted by molar-refractivity contribution is 5.90. The number of rotatable bonds is 4. The van der Waals surface area contributed by atoms with Crippen LogP contribution in [0.3, 0.4) is 0 Å². The van der Waals surface area contributed by atoms with Gasteiger partial charge in [0, 0.05) is 18.8 Å². The van der Waals surface area contributed by atoms with E-state index in [0.717, 1.165) is 11.1 Å². The number of anilines is 1. The van der Waals surface area contributed by atoms with Crippen molar-refractivity contribution in [3.05, 3.63) is 29.3 Å². The number of benzene rings is 1. The summed E-state index contributed by atoms with van der Waals surface area (Å²) in [4.78, 5) is 25.8. The van der Waals surface area contributed by atoms with Crippen LogP contribution in [-0.2, 0) is 4.79 Å². The number of carboxylic acid groups (broad SMARTS) is 1. The standard InChI is InChI=1S/C18H26N2O4/c1-4-6-18(16(22)23)11-20(7-5-15(18)21)17(24)19-14-9-12(2)8-13(3)10-14/h8-10,15,21H,4-7,11H2,1-3H3,(H,19,24)(H,22,23)/t15-,18-/m1/s1. The number of aliphatic hydroxyl groups excluding tert-OH is 1. The van der Waals surface area contributed by atoms with Crippen LogP contribution in [0.25, 0.3) is 0 Å². The highest BCUT2D eigenvalue weighted by atomic mass is 16.4. The molecule has 132 valence electrons. The van der Waals surface area contributed by atoms with Crippen molar-refractivity contribution in [2.75, 3.05) is 18.4 Å². The molecule has 6 heteroatoms. The summed E-state index contributed by atoms with van der Waals surface area (Å²) in [6, 6.07) is 5.44. The summed E-state index contributed by atoms with van der Waals surface area (Å²) in [7, 11) is 0. The van der Waals surface area contributed by atoms with Gasteiger partial charge in [-0.2, -0.15) is 0 Å². The quantitative estimate of drug-likeness (QED) is 0.790. The third kappa shape index (κ3) is 3.70. The number of aliphatic hydroxyl groups is 1. The minimum absolute atomic E-state index is 0.0218. The van der Waals surface area contributed by atoms with E-state index in [4.69, 9.17) is 0 Å². The molecule has 2 atom stereocenters. The molecule has 1 heterocycles. The van der Waals surface area contributed by atoms with E-state index in [2.05, 4.69) is 5.32 Å². The molecule has 0 aromatic heterocycles. The van der Waals surface area contributed by atoms with Crippen molar-refractivity contribution in [2.45, 2.75) is 46.1 Å². The summed E-state index contributed by atoms with van der Waals surface area (Å²) in [6.07, 6.45) is 0.319. The van der Waals surface area contributed by atoms with Crippen LogP contribution in [0.5, 0.6) is 0 Å². The van der Waals surface area contributed by atoms with Gasteiger partial charge in [0.25, 0.3) is 0 Å². The van der Waals surface area contributed by atoms with Gasteiger partial charge in [-0.25, -0.2) is 4.79 Å². The van der Waals surface area contributed by atoms with Crippen LogP contribution in [0.4, 0.5) is 10.5 Å². The second-order valence-electron chi connectivity index (χ2n) is 6.74. The number of nitrogens with one attached hydrogen (secondary N) is 1. The maximum absolute atomic E-state index is 12.6. The lowest BCUT2D eigenvalue weighted by Crippen LogP contribution is -2.57. The number of piperidine rings is 1. The predicted octanol–water partition coefficient (Wildman–Crippen LogP) is 2.77. The van der Waals surface area contributed by atoms with Crippen LogP contribution >= 0.6 is 0 Å². The highest BCUT2D eigenvalue weighted by Crippen LogP contribution is 2.35. The average Bonchev–Trinajstić information content (AvgIpc) is 2.48. The van der Waals surface area contributed by atoms with Gasteiger partial charge < -0.3 is 20.4 Å². The molecule has 1 fully saturated rings. The normalized spacial score (nSPS) is 23.8. The SMILES string of the molecule is CCC[C@@]1(C(=O)O)CN(C(=O)Nc2cc(C)cc(C)c2)CC[C@H]1O. The number of hydrogen-bond donors (Lipinski definition) is 3. The molecule has 0 radical (unpaired) electrons. The Bertz CT molecular complexity index is 611. The van der Waals surface area contributed by atoms with E-state index in [1.165, 1.54) is 4.90 Å². The Hall–Kier alpha value is -2.08. The molecule has 24 heavy (non-hydrogen) atoms. The van der Waals surface area contributed by atoms with Crippen LogP contribution in [0.2, 0.25) is 0 Å². The third-order valence-corrected chi connectivity index (χ3v) is 4.67. The van der Waals surface area contributed by atoms with E-state index >= 15 is 0 Å². The molecule has 2 amide bonds. The first-order valence-corrected chi connectivity index (χ1v) is 8.34. The maximum Gasteiger partial charge on any atom is 0.321 e. The number of aliphatic carboxylic acids is 1. The molecule has 3 N–H and O–H groups in total. The van der Waals surface area contributed by atoms with Gasteiger partial charge in [0.15, 0.2) is 0 Å². The molecular formula is C18H26N2O4. The van der Waals surface area contributed by atoms with Crippen LogP contribution < -0.4 is 5.32 Å². The number of carboxylic acids is 1. The molecule has 1 aliphatic rings. The lowest BCUT2D eigenvalue weighted by atomic mass is 9.74. The smallest absolute Gasteiger partial charge is 0.321 e. The second-order valence-corrected chi connectivity index (χ2v) is 6.74. The van der Waals surface area contributed by atoms with Crippen molar-refractivity contribution in [3.63, 3.8) is 0 Å². The molecule has 0 spiro atoms. The molecule has 0 saturated carbocycles. The molecule has 6 nitrogen and oxygen atoms in total. The Morgan fingerprint density at radius 1 is 1.29 bits per heavy atom. The zero-order chi connectivity index (χ0) is 17.9. The third-order valence-electron chi connectivity index (χ3n) is 4.67. The van der Waals surface area contributed by atoms with Gasteiger partial charge in [0.05, 0.1) is 6.10 Å². The van der Waals surface area contributed by atoms with Gasteiger partial charge >= 0.3 is 12.0 Å². The molecule has 1 aromatic carbocycles. The number of carbonyl (C=O) groups excluding carboxylic acids is 1. The summed E-state index contributed by atoms with van der Waals surface area (Å²) in [5.74, 6) is -1.04. The Kier molecular flexibility index (Phi) is 5.49. The largest absolute Gasteiger partial charge is 0.481 e. The number of likely N-dealkylation sites (tertiary alicyclic amines) is 1. The van der Waals surface area contributed by atoms with Crippen molar-refractivity contribution >= 4 is 17.7 Å². The highest BCUT2D eigenvalue weighted by Gasteiger charge is 2.49. The lowest BCUT2D eigenvalue weighted by molar-refractivity contribution is -0.162. The predicted molar refractivity (Wildman–Crippen MR) is 92.1 cm³/mol. The molecular weight excluding hydrogens is 308 g/mol. The van der Waals surface area contributed by atoms with E-state index < -0.39 is 17.5 Å². The van der Waals surface area contributed by atoms with Gasteiger partial charge in [-0.05, 0) is 49.9 Å². The van der Waals surface area contributed by atoms with Crippen LogP contribution in [0.1, 0.15) is 37.3 Å². The first-order chi connectivity index (χ1) is 11.3. The fourth-order valence-electron chi connectivity index (χ4n) is 3.51. The van der Waals surface area contributed by atoms with E-state index in [-0.39, 0.29) is 19.0 Å². The Morgan fingerprint density at radius 3 is 2.46 bits per heavy atom. The molecule has 2 rings (SSSR count). The molecule has 0 aliphatic carbocycles. The zero-order valence-corrected chi connectivity index (χ0v) is 14.5. The van der Waals surface area contributed by atoms with Crippen molar-refractivity contribution in [1.29, 1.82) is 0 Å². The van der Waals surface area contributed by atoms with Gasteiger partial charge in [0.1, 0.15) is 5.41 Å². The molecule has 1 aromatic rings. The summed E-state index contributed by atoms with van der Waals surface area (Å²) in [6.45, 7) is 6.16. The van der Waals surface area contributed by atoms with Gasteiger partial charge in [-0.3, -0.25) is 4.79 Å². The van der Waals surface area contributed by atoms with Crippen molar-refractivity contribution in [3.8, 4) is 0 Å². The zero-order valence-electron chi connectivity index (χ0n) is 14.5. The summed E-state index contributed by atoms with van der Waals surface area (Å²) >= 11 is 0. The van der Waals surface area contributed by atoms with Crippen molar-refractivity contribution in [2.24, 2.45) is 5.41 Å². The monoisotopic (exact) mass is 334 g/mol. The minimum atomic E-state index is -1.28. The topological polar surface area (TPSA) is 89.9 Å². The van der Waals surface area contributed by atoms with E-state index in [9.17, 15) is 19.8 Å². The lowest BCUT2D eigenvalue weighted by Gasteiger charge is -2.43. The van der Waals surface area contributed by atoms with Crippen LogP contribution in [-0.4, -0.2) is 46.3 Å². The molecule has 0 bridgehead atoms. The number of carbonyl (C=O) groups is 2. The Labute approximate surface area is 142 Å². The number of nitrogens with zero attached hydrogens (tertiary/aromatic N) is 1. The second kappa shape index (κ2) is 7.21. The number of amides is 2. The van der Waals surface area contributed by atoms with E-state index in [1.54, 1.807) is 0 Å². The number of aryl methyl sites for hydroxylation is 2. The number of hydrogen-bond acceptors (Lipinski definition) is 3. The first-order valence-electron chi connectivity index (χ1n) is 8.34. The first kappa shape index (κ1) is 18.3. The summed E-state index contributed by atoms with van der Waals surface area (Å²) in [5.41, 5.74) is 1.50. The molecule has 1 aliphatic heterocycles. The Morgan fingerprint density at radius 2 is 1.92 bits per heavy atom. The van der Waals surface area contributed by atoms with Gasteiger partial charge in [0.2, 0.25) is 0 Å². The van der Waals surface area contributed by atoms with E-state index in [1.807, 2.05) is 39.0 Å². The fraction of sp³-hybridized carbons (Fsp3) is 0.556. The summed E-state index contributed by atoms with van der Waals surface area (Å²) < 4.78 is 0.